The molecule has 1 atom stereocenters. The van der Waals surface area contributed by atoms with Crippen molar-refractivity contribution in [2.75, 3.05) is 7.05 Å². The lowest BCUT2D eigenvalue weighted by atomic mass is 10.1. The number of halogens is 3. The Labute approximate surface area is 113 Å². The molecule has 0 radical (unpaired) electrons. The molecule has 2 aromatic rings. The van der Waals surface area contributed by atoms with Crippen molar-refractivity contribution in [3.05, 3.63) is 55.9 Å². The zero-order valence-electron chi connectivity index (χ0n) is 9.01. The van der Waals surface area contributed by atoms with Crippen LogP contribution < -0.4 is 5.32 Å². The molecule has 0 spiro atoms. The largest absolute Gasteiger partial charge is 0.309 e. The number of benzene rings is 1. The fraction of sp³-hybridized carbons (Fsp3) is 0.167. The predicted molar refractivity (Wildman–Crippen MR) is 71.6 cm³/mol. The van der Waals surface area contributed by atoms with Gasteiger partial charge in [0.15, 0.2) is 0 Å². The third kappa shape index (κ3) is 2.63. The maximum atomic E-state index is 13.4. The standard InChI is InChI=1S/C12H10Cl2FNS/c1-16-12(9-5-6-10(13)17-9)7-3-2-4-8(15)11(7)14/h2-6,12,16H,1H3. The molecule has 1 N–H and O–H groups in total. The van der Waals surface area contributed by atoms with Crippen molar-refractivity contribution in [1.82, 2.24) is 5.32 Å². The smallest absolute Gasteiger partial charge is 0.142 e. The molecule has 0 amide bonds. The van der Waals surface area contributed by atoms with E-state index in [0.29, 0.717) is 9.90 Å². The van der Waals surface area contributed by atoms with Crippen molar-refractivity contribution in [3.63, 3.8) is 0 Å². The molecule has 0 bridgehead atoms. The number of hydrogen-bond donors (Lipinski definition) is 1. The summed E-state index contributed by atoms with van der Waals surface area (Å²) >= 11 is 13.3. The van der Waals surface area contributed by atoms with E-state index < -0.39 is 5.82 Å². The lowest BCUT2D eigenvalue weighted by Crippen LogP contribution is -2.17. The molecule has 2 rings (SSSR count). The third-order valence-corrected chi connectivity index (χ3v) is 4.15. The fourth-order valence-electron chi connectivity index (χ4n) is 1.68. The van der Waals surface area contributed by atoms with Gasteiger partial charge in [-0.15, -0.1) is 11.3 Å². The molecule has 0 aliphatic rings. The number of rotatable bonds is 3. The second-order valence-corrected chi connectivity index (χ2v) is 5.63. The number of nitrogens with one attached hydrogen (secondary N) is 1. The van der Waals surface area contributed by atoms with Crippen molar-refractivity contribution < 1.29 is 4.39 Å². The highest BCUT2D eigenvalue weighted by atomic mass is 35.5. The maximum Gasteiger partial charge on any atom is 0.142 e. The van der Waals surface area contributed by atoms with Crippen molar-refractivity contribution in [1.29, 1.82) is 0 Å². The molecule has 1 aromatic heterocycles. The highest BCUT2D eigenvalue weighted by Crippen LogP contribution is 2.34. The molecule has 17 heavy (non-hydrogen) atoms. The Morgan fingerprint density at radius 1 is 1.24 bits per heavy atom. The molecule has 1 unspecified atom stereocenters. The van der Waals surface area contributed by atoms with E-state index in [2.05, 4.69) is 5.32 Å². The molecular formula is C12H10Cl2FNS. The lowest BCUT2D eigenvalue weighted by molar-refractivity contribution is 0.618. The summed E-state index contributed by atoms with van der Waals surface area (Å²) in [6, 6.07) is 8.39. The van der Waals surface area contributed by atoms with Gasteiger partial charge in [0.25, 0.3) is 0 Å². The van der Waals surface area contributed by atoms with Crippen LogP contribution in [-0.2, 0) is 0 Å². The van der Waals surface area contributed by atoms with Gasteiger partial charge in [0.05, 0.1) is 15.4 Å². The Morgan fingerprint density at radius 3 is 2.59 bits per heavy atom. The van der Waals surface area contributed by atoms with E-state index in [1.54, 1.807) is 19.2 Å². The first-order valence-electron chi connectivity index (χ1n) is 5.00. The minimum Gasteiger partial charge on any atom is -0.309 e. The Bertz CT molecular complexity index is 527. The second kappa shape index (κ2) is 5.36. The van der Waals surface area contributed by atoms with E-state index in [1.165, 1.54) is 17.4 Å². The molecule has 5 heteroatoms. The molecule has 0 aliphatic carbocycles. The van der Waals surface area contributed by atoms with Crippen LogP contribution in [0.3, 0.4) is 0 Å². The highest BCUT2D eigenvalue weighted by molar-refractivity contribution is 7.16. The van der Waals surface area contributed by atoms with Crippen molar-refractivity contribution in [2.24, 2.45) is 0 Å². The molecular weight excluding hydrogens is 280 g/mol. The van der Waals surface area contributed by atoms with Gasteiger partial charge >= 0.3 is 0 Å². The summed E-state index contributed by atoms with van der Waals surface area (Å²) in [4.78, 5) is 1.00. The first-order valence-corrected chi connectivity index (χ1v) is 6.57. The van der Waals surface area contributed by atoms with E-state index in [1.807, 2.05) is 12.1 Å². The number of thiophene rings is 1. The van der Waals surface area contributed by atoms with Gasteiger partial charge in [-0.05, 0) is 30.8 Å². The summed E-state index contributed by atoms with van der Waals surface area (Å²) in [5.74, 6) is -0.410. The SMILES string of the molecule is CNC(c1ccc(Cl)s1)c1cccc(F)c1Cl. The minimum atomic E-state index is -0.410. The predicted octanol–water partition coefficient (Wildman–Crippen LogP) is 4.50. The lowest BCUT2D eigenvalue weighted by Gasteiger charge is -2.16. The van der Waals surface area contributed by atoms with Gasteiger partial charge in [-0.3, -0.25) is 0 Å². The van der Waals surface area contributed by atoms with Crippen molar-refractivity contribution in [3.8, 4) is 0 Å². The average Bonchev–Trinajstić information content (AvgIpc) is 2.72. The summed E-state index contributed by atoms with van der Waals surface area (Å²) in [6.45, 7) is 0. The Kier molecular flexibility index (Phi) is 4.05. The molecule has 1 nitrogen and oxygen atoms in total. The van der Waals surface area contributed by atoms with Crippen LogP contribution in [0.5, 0.6) is 0 Å². The summed E-state index contributed by atoms with van der Waals surface area (Å²) in [6.07, 6.45) is 0. The number of hydrogen-bond acceptors (Lipinski definition) is 2. The van der Waals surface area contributed by atoms with Crippen LogP contribution in [0.2, 0.25) is 9.36 Å². The van der Waals surface area contributed by atoms with Crippen LogP contribution in [0.1, 0.15) is 16.5 Å². The van der Waals surface area contributed by atoms with Gasteiger partial charge in [-0.25, -0.2) is 4.39 Å². The molecule has 0 aliphatic heterocycles. The fourth-order valence-corrected chi connectivity index (χ4v) is 3.10. The first-order chi connectivity index (χ1) is 8.13. The van der Waals surface area contributed by atoms with Crippen LogP contribution in [0.25, 0.3) is 0 Å². The van der Waals surface area contributed by atoms with E-state index in [0.717, 1.165) is 4.88 Å². The van der Waals surface area contributed by atoms with Crippen LogP contribution in [0.4, 0.5) is 4.39 Å². The molecule has 1 heterocycles. The normalized spacial score (nSPS) is 12.7. The zero-order valence-corrected chi connectivity index (χ0v) is 11.3. The summed E-state index contributed by atoms with van der Waals surface area (Å²) < 4.78 is 14.1. The zero-order chi connectivity index (χ0) is 12.4. The molecule has 90 valence electrons. The van der Waals surface area contributed by atoms with Gasteiger partial charge in [0.1, 0.15) is 5.82 Å². The van der Waals surface area contributed by atoms with E-state index >= 15 is 0 Å². The van der Waals surface area contributed by atoms with Crippen LogP contribution in [-0.4, -0.2) is 7.05 Å². The molecule has 1 aromatic carbocycles. The van der Waals surface area contributed by atoms with Crippen LogP contribution >= 0.6 is 34.5 Å². The van der Waals surface area contributed by atoms with E-state index in [-0.39, 0.29) is 11.1 Å². The van der Waals surface area contributed by atoms with E-state index in [4.69, 9.17) is 23.2 Å². The topological polar surface area (TPSA) is 12.0 Å². The third-order valence-electron chi connectivity index (χ3n) is 2.46. The van der Waals surface area contributed by atoms with Gasteiger partial charge in [-0.2, -0.15) is 0 Å². The average molecular weight is 290 g/mol. The monoisotopic (exact) mass is 289 g/mol. The Balaban J connectivity index is 2.45. The summed E-state index contributed by atoms with van der Waals surface area (Å²) in [5.41, 5.74) is 0.715. The van der Waals surface area contributed by atoms with Gasteiger partial charge in [-0.1, -0.05) is 35.3 Å². The Morgan fingerprint density at radius 2 is 2.00 bits per heavy atom. The van der Waals surface area contributed by atoms with Crippen LogP contribution in [0.15, 0.2) is 30.3 Å². The van der Waals surface area contributed by atoms with Crippen molar-refractivity contribution in [2.45, 2.75) is 6.04 Å². The molecule has 0 fully saturated rings. The summed E-state index contributed by atoms with van der Waals surface area (Å²) in [5, 5.41) is 3.27. The summed E-state index contributed by atoms with van der Waals surface area (Å²) in [7, 11) is 1.81. The minimum absolute atomic E-state index is 0.143. The van der Waals surface area contributed by atoms with Gasteiger partial charge < -0.3 is 5.32 Å². The van der Waals surface area contributed by atoms with Gasteiger partial charge in [0.2, 0.25) is 0 Å². The van der Waals surface area contributed by atoms with Crippen molar-refractivity contribution >= 4 is 34.5 Å². The van der Waals surface area contributed by atoms with E-state index in [9.17, 15) is 4.39 Å². The highest BCUT2D eigenvalue weighted by Gasteiger charge is 2.18. The second-order valence-electron chi connectivity index (χ2n) is 3.51. The molecule has 0 saturated heterocycles. The quantitative estimate of drug-likeness (QED) is 0.877. The molecule has 0 saturated carbocycles. The maximum absolute atomic E-state index is 13.4. The van der Waals surface area contributed by atoms with Crippen LogP contribution in [0, 0.1) is 5.82 Å². The first kappa shape index (κ1) is 12.8. The Hall–Kier alpha value is -0.610. The van der Waals surface area contributed by atoms with Gasteiger partial charge in [0, 0.05) is 4.88 Å².